The van der Waals surface area contributed by atoms with E-state index in [0.717, 1.165) is 24.2 Å². The summed E-state index contributed by atoms with van der Waals surface area (Å²) in [6, 6.07) is 9.37. The summed E-state index contributed by atoms with van der Waals surface area (Å²) < 4.78 is 1.76. The minimum absolute atomic E-state index is 0.00377. The predicted octanol–water partition coefficient (Wildman–Crippen LogP) is 3.54. The van der Waals surface area contributed by atoms with E-state index in [2.05, 4.69) is 5.10 Å². The van der Waals surface area contributed by atoms with E-state index in [-0.39, 0.29) is 11.9 Å². The average molecular weight is 324 g/mol. The molecule has 5 nitrogen and oxygen atoms in total. The van der Waals surface area contributed by atoms with Crippen LogP contribution in [0.2, 0.25) is 0 Å². The molecule has 5 heteroatoms. The van der Waals surface area contributed by atoms with Crippen LogP contribution < -0.4 is 0 Å². The van der Waals surface area contributed by atoms with Gasteiger partial charge in [0.25, 0.3) is 5.91 Å². The Morgan fingerprint density at radius 2 is 2.08 bits per heavy atom. The normalized spacial score (nSPS) is 15.6. The summed E-state index contributed by atoms with van der Waals surface area (Å²) in [6.07, 6.45) is 7.77. The van der Waals surface area contributed by atoms with Crippen LogP contribution in [-0.2, 0) is 0 Å². The zero-order valence-electron chi connectivity index (χ0n) is 14.3. The van der Waals surface area contributed by atoms with Crippen molar-refractivity contribution < 1.29 is 4.79 Å². The fourth-order valence-corrected chi connectivity index (χ4v) is 2.96. The summed E-state index contributed by atoms with van der Waals surface area (Å²) >= 11 is 0. The molecule has 3 rings (SSSR count). The number of amides is 1. The Morgan fingerprint density at radius 1 is 1.38 bits per heavy atom. The Kier molecular flexibility index (Phi) is 4.79. The summed E-state index contributed by atoms with van der Waals surface area (Å²) in [6.45, 7) is 2.02. The summed E-state index contributed by atoms with van der Waals surface area (Å²) in [7, 11) is 1.82. The molecule has 0 saturated heterocycles. The number of carbonyl (C=O) groups excluding carboxylic acids is 1. The van der Waals surface area contributed by atoms with E-state index in [1.807, 2.05) is 50.5 Å². The van der Waals surface area contributed by atoms with Crippen molar-refractivity contribution in [3.63, 3.8) is 0 Å². The second-order valence-electron chi connectivity index (χ2n) is 6.62. The van der Waals surface area contributed by atoms with Gasteiger partial charge in [-0.05, 0) is 56.0 Å². The van der Waals surface area contributed by atoms with Gasteiger partial charge in [0.05, 0.1) is 5.69 Å². The summed E-state index contributed by atoms with van der Waals surface area (Å²) in [5.41, 5.74) is 2.39. The van der Waals surface area contributed by atoms with Crippen LogP contribution in [0.4, 0.5) is 0 Å². The molecule has 0 radical (unpaired) electrons. The van der Waals surface area contributed by atoms with Gasteiger partial charge in [-0.25, -0.2) is 4.68 Å². The molecule has 0 bridgehead atoms. The van der Waals surface area contributed by atoms with Crippen molar-refractivity contribution in [3.05, 3.63) is 48.3 Å². The number of aromatic nitrogens is 2. The Hall–Kier alpha value is -2.43. The number of rotatable bonds is 6. The lowest BCUT2D eigenvalue weighted by atomic mass is 9.80. The van der Waals surface area contributed by atoms with Crippen molar-refractivity contribution in [1.29, 1.82) is 5.41 Å². The van der Waals surface area contributed by atoms with Crippen LogP contribution in [0.1, 0.15) is 43.0 Å². The fraction of sp³-hybridized carbons (Fsp3) is 0.421. The van der Waals surface area contributed by atoms with Gasteiger partial charge in [0.15, 0.2) is 0 Å². The highest BCUT2D eigenvalue weighted by Crippen LogP contribution is 2.29. The molecule has 126 valence electrons. The summed E-state index contributed by atoms with van der Waals surface area (Å²) in [5.74, 6) is 0.445. The number of hydrogen-bond donors (Lipinski definition) is 1. The Labute approximate surface area is 142 Å². The van der Waals surface area contributed by atoms with E-state index >= 15 is 0 Å². The molecular formula is C19H24N4O. The third kappa shape index (κ3) is 3.40. The Bertz CT molecular complexity index is 701. The molecule has 1 amide bonds. The lowest BCUT2D eigenvalue weighted by molar-refractivity contribution is 0.0746. The minimum atomic E-state index is -0.00377. The van der Waals surface area contributed by atoms with Crippen molar-refractivity contribution in [2.45, 2.75) is 38.6 Å². The van der Waals surface area contributed by atoms with Crippen molar-refractivity contribution >= 4 is 11.6 Å². The van der Waals surface area contributed by atoms with E-state index < -0.39 is 0 Å². The molecule has 0 unspecified atom stereocenters. The quantitative estimate of drug-likeness (QED) is 0.826. The largest absolute Gasteiger partial charge is 0.339 e. The number of carbonyl (C=O) groups is 1. The number of hydrogen-bond acceptors (Lipinski definition) is 3. The van der Waals surface area contributed by atoms with E-state index in [1.165, 1.54) is 6.42 Å². The van der Waals surface area contributed by atoms with Gasteiger partial charge in [-0.2, -0.15) is 5.10 Å². The standard InChI is InChI=1S/C19H24N4O/c1-14(13-18(20)15-5-3-6-15)22(2)19(24)16-7-9-17(10-8-16)23-12-4-11-21-23/h4,7-12,14-15,20H,3,5-6,13H2,1-2H3/t14-/m1/s1. The molecule has 1 aliphatic carbocycles. The van der Waals surface area contributed by atoms with Gasteiger partial charge in [0.1, 0.15) is 0 Å². The van der Waals surface area contributed by atoms with Crippen LogP contribution in [0.5, 0.6) is 0 Å². The molecule has 0 spiro atoms. The highest BCUT2D eigenvalue weighted by molar-refractivity contribution is 5.95. The molecule has 24 heavy (non-hydrogen) atoms. The smallest absolute Gasteiger partial charge is 0.253 e. The second kappa shape index (κ2) is 6.99. The molecule has 2 aromatic rings. The zero-order valence-corrected chi connectivity index (χ0v) is 14.3. The van der Waals surface area contributed by atoms with Gasteiger partial charge < -0.3 is 10.3 Å². The minimum Gasteiger partial charge on any atom is -0.339 e. The van der Waals surface area contributed by atoms with Gasteiger partial charge >= 0.3 is 0 Å². The first-order valence-corrected chi connectivity index (χ1v) is 8.51. The third-order valence-electron chi connectivity index (χ3n) is 4.98. The summed E-state index contributed by atoms with van der Waals surface area (Å²) in [4.78, 5) is 14.4. The fourth-order valence-electron chi connectivity index (χ4n) is 2.96. The van der Waals surface area contributed by atoms with Crippen molar-refractivity contribution in [1.82, 2.24) is 14.7 Å². The maximum atomic E-state index is 12.7. The molecule has 1 aliphatic rings. The average Bonchev–Trinajstić information content (AvgIpc) is 3.06. The third-order valence-corrected chi connectivity index (χ3v) is 4.98. The summed E-state index contributed by atoms with van der Waals surface area (Å²) in [5, 5.41) is 12.4. The van der Waals surface area contributed by atoms with Gasteiger partial charge in [-0.3, -0.25) is 4.79 Å². The van der Waals surface area contributed by atoms with Crippen LogP contribution in [0, 0.1) is 11.3 Å². The highest BCUT2D eigenvalue weighted by Gasteiger charge is 2.25. The number of benzene rings is 1. The van der Waals surface area contributed by atoms with Gasteiger partial charge in [0, 0.05) is 43.2 Å². The van der Waals surface area contributed by atoms with E-state index in [9.17, 15) is 4.79 Å². The molecule has 1 aromatic heterocycles. The van der Waals surface area contributed by atoms with Gasteiger partial charge in [0.2, 0.25) is 0 Å². The van der Waals surface area contributed by atoms with E-state index in [0.29, 0.717) is 17.9 Å². The lowest BCUT2D eigenvalue weighted by Gasteiger charge is -2.31. The predicted molar refractivity (Wildman–Crippen MR) is 94.8 cm³/mol. The highest BCUT2D eigenvalue weighted by atomic mass is 16.2. The van der Waals surface area contributed by atoms with Crippen LogP contribution in [0.3, 0.4) is 0 Å². The Morgan fingerprint density at radius 3 is 2.62 bits per heavy atom. The maximum absolute atomic E-state index is 12.7. The first kappa shape index (κ1) is 16.4. The molecule has 1 N–H and O–H groups in total. The lowest BCUT2D eigenvalue weighted by Crippen LogP contribution is -2.38. The van der Waals surface area contributed by atoms with Crippen molar-refractivity contribution in [2.75, 3.05) is 7.05 Å². The van der Waals surface area contributed by atoms with E-state index in [4.69, 9.17) is 5.41 Å². The van der Waals surface area contributed by atoms with Crippen LogP contribution in [-0.4, -0.2) is 39.4 Å². The van der Waals surface area contributed by atoms with Crippen LogP contribution >= 0.6 is 0 Å². The molecular weight excluding hydrogens is 300 g/mol. The SMILES string of the molecule is C[C@H](CC(=N)C1CCC1)N(C)C(=O)c1ccc(-n2cccn2)cc1. The molecule has 0 aliphatic heterocycles. The molecule has 1 fully saturated rings. The van der Waals surface area contributed by atoms with E-state index in [1.54, 1.807) is 15.8 Å². The second-order valence-corrected chi connectivity index (χ2v) is 6.62. The molecule has 1 saturated carbocycles. The van der Waals surface area contributed by atoms with Gasteiger partial charge in [-0.1, -0.05) is 6.42 Å². The molecule has 1 aromatic carbocycles. The first-order chi connectivity index (χ1) is 11.6. The Balaban J connectivity index is 1.63. The number of nitrogens with one attached hydrogen (secondary N) is 1. The first-order valence-electron chi connectivity index (χ1n) is 8.51. The monoisotopic (exact) mass is 324 g/mol. The van der Waals surface area contributed by atoms with Gasteiger partial charge in [-0.15, -0.1) is 0 Å². The molecule has 1 heterocycles. The zero-order chi connectivity index (χ0) is 17.1. The topological polar surface area (TPSA) is 62.0 Å². The number of nitrogens with zero attached hydrogens (tertiary/aromatic N) is 3. The van der Waals surface area contributed by atoms with Crippen LogP contribution in [0.25, 0.3) is 5.69 Å². The molecule has 1 atom stereocenters. The maximum Gasteiger partial charge on any atom is 0.253 e. The van der Waals surface area contributed by atoms with Crippen molar-refractivity contribution in [3.8, 4) is 5.69 Å². The van der Waals surface area contributed by atoms with Crippen LogP contribution in [0.15, 0.2) is 42.7 Å². The van der Waals surface area contributed by atoms with Crippen molar-refractivity contribution in [2.24, 2.45) is 5.92 Å².